The Labute approximate surface area is 238 Å². The first-order valence-electron chi connectivity index (χ1n) is 12.5. The maximum Gasteiger partial charge on any atom is 0.379 e. The predicted octanol–water partition coefficient (Wildman–Crippen LogP) is -1.40. The van der Waals surface area contributed by atoms with E-state index in [-0.39, 0.29) is 13.0 Å². The Morgan fingerprint density at radius 3 is 1.38 bits per heavy atom. The van der Waals surface area contributed by atoms with E-state index in [0.717, 1.165) is 6.08 Å². The van der Waals surface area contributed by atoms with Crippen molar-refractivity contribution in [1.82, 2.24) is 13.7 Å². The second-order valence-corrected chi connectivity index (χ2v) is 8.11. The molecule has 0 saturated heterocycles. The lowest BCUT2D eigenvalue weighted by Gasteiger charge is -2.14. The van der Waals surface area contributed by atoms with Crippen molar-refractivity contribution in [2.75, 3.05) is 26.4 Å². The van der Waals surface area contributed by atoms with Crippen molar-refractivity contribution in [3.05, 3.63) is 69.4 Å². The predicted molar refractivity (Wildman–Crippen MR) is 142 cm³/mol. The minimum Gasteiger partial charge on any atom is -0.464 e. The zero-order valence-corrected chi connectivity index (χ0v) is 22.8. The number of ketones is 2. The smallest absolute Gasteiger partial charge is 0.379 e. The zero-order chi connectivity index (χ0) is 31.7. The lowest BCUT2D eigenvalue weighted by atomic mass is 10.2. The Morgan fingerprint density at radius 1 is 0.548 bits per heavy atom. The first-order valence-corrected chi connectivity index (χ1v) is 12.5. The van der Waals surface area contributed by atoms with E-state index >= 15 is 0 Å². The quantitative estimate of drug-likeness (QED) is 0.0561. The van der Waals surface area contributed by atoms with Gasteiger partial charge < -0.3 is 18.9 Å². The van der Waals surface area contributed by atoms with Crippen LogP contribution in [0.25, 0.3) is 0 Å². The lowest BCUT2D eigenvalue weighted by molar-refractivity contribution is -0.152. The van der Waals surface area contributed by atoms with Crippen LogP contribution < -0.4 is 17.1 Å². The molecule has 0 N–H and O–H groups in total. The van der Waals surface area contributed by atoms with Crippen molar-refractivity contribution in [1.29, 1.82) is 0 Å². The molecule has 16 heteroatoms. The maximum atomic E-state index is 12.9. The number of hydrogen-bond donors (Lipinski definition) is 0. The Hall–Kier alpha value is -5.15. The summed E-state index contributed by atoms with van der Waals surface area (Å²) in [6.45, 7) is 6.48. The molecular weight excluding hydrogens is 562 g/mol. The van der Waals surface area contributed by atoms with Gasteiger partial charge in [0.25, 0.3) is 11.6 Å². The van der Waals surface area contributed by atoms with Crippen LogP contribution in [0.4, 0.5) is 0 Å². The summed E-state index contributed by atoms with van der Waals surface area (Å²) in [7, 11) is 0. The van der Waals surface area contributed by atoms with E-state index in [1.807, 2.05) is 0 Å². The molecule has 16 nitrogen and oxygen atoms in total. The monoisotopic (exact) mass is 593 g/mol. The molecule has 228 valence electrons. The zero-order valence-electron chi connectivity index (χ0n) is 22.8. The van der Waals surface area contributed by atoms with Crippen molar-refractivity contribution < 1.29 is 47.7 Å². The van der Waals surface area contributed by atoms with Crippen molar-refractivity contribution in [3.8, 4) is 0 Å². The number of hydrogen-bond acceptors (Lipinski definition) is 13. The molecule has 1 heterocycles. The second-order valence-electron chi connectivity index (χ2n) is 8.11. The minimum atomic E-state index is -1.28. The molecule has 0 aliphatic carbocycles. The third-order valence-electron chi connectivity index (χ3n) is 5.27. The summed E-state index contributed by atoms with van der Waals surface area (Å²) in [5.74, 6) is -5.86. The Bertz CT molecular complexity index is 1320. The third-order valence-corrected chi connectivity index (χ3v) is 5.27. The topological polar surface area (TPSA) is 205 Å². The molecule has 1 rings (SSSR count). The van der Waals surface area contributed by atoms with Gasteiger partial charge in [0, 0.05) is 12.5 Å². The highest BCUT2D eigenvalue weighted by atomic mass is 16.5. The van der Waals surface area contributed by atoms with Crippen LogP contribution in [0.15, 0.2) is 52.3 Å². The number of carbonyl (C=O) groups excluding carboxylic acids is 6. The van der Waals surface area contributed by atoms with E-state index in [0.29, 0.717) is 45.1 Å². The molecule has 42 heavy (non-hydrogen) atoms. The number of carbonyl (C=O) groups is 6. The molecule has 0 aliphatic heterocycles. The lowest BCUT2D eigenvalue weighted by Crippen LogP contribution is -2.55. The molecule has 0 atom stereocenters. The van der Waals surface area contributed by atoms with Crippen molar-refractivity contribution in [2.45, 2.75) is 45.3 Å². The van der Waals surface area contributed by atoms with Gasteiger partial charge in [-0.25, -0.2) is 42.5 Å². The van der Waals surface area contributed by atoms with Crippen molar-refractivity contribution in [3.63, 3.8) is 0 Å². The van der Waals surface area contributed by atoms with Gasteiger partial charge in [0.2, 0.25) is 0 Å². The van der Waals surface area contributed by atoms with Crippen LogP contribution in [0.5, 0.6) is 0 Å². The van der Waals surface area contributed by atoms with E-state index in [2.05, 4.69) is 19.7 Å². The number of rotatable bonds is 20. The number of ether oxygens (including phenoxy) is 4. The van der Waals surface area contributed by atoms with Crippen LogP contribution in [0, 0.1) is 0 Å². The summed E-state index contributed by atoms with van der Waals surface area (Å²) in [4.78, 5) is 107. The van der Waals surface area contributed by atoms with Gasteiger partial charge in [-0.3, -0.25) is 14.4 Å². The third kappa shape index (κ3) is 11.1. The summed E-state index contributed by atoms with van der Waals surface area (Å²) in [5, 5.41) is 0. The number of unbranched alkanes of at least 4 members (excludes halogenated alkanes) is 2. The van der Waals surface area contributed by atoms with Crippen molar-refractivity contribution in [2.24, 2.45) is 0 Å². The van der Waals surface area contributed by atoms with Crippen molar-refractivity contribution >= 4 is 35.4 Å². The van der Waals surface area contributed by atoms with Crippen LogP contribution in [-0.2, 0) is 67.3 Å². The minimum absolute atomic E-state index is 0.0115. The summed E-state index contributed by atoms with van der Waals surface area (Å²) in [5.41, 5.74) is -3.42. The van der Waals surface area contributed by atoms with Crippen LogP contribution in [0.3, 0.4) is 0 Å². The van der Waals surface area contributed by atoms with Crippen LogP contribution in [0.2, 0.25) is 0 Å². The largest absolute Gasteiger partial charge is 0.464 e. The van der Waals surface area contributed by atoms with Gasteiger partial charge in [0.15, 0.2) is 0 Å². The van der Waals surface area contributed by atoms with E-state index in [9.17, 15) is 43.2 Å². The van der Waals surface area contributed by atoms with E-state index in [1.165, 1.54) is 0 Å². The number of esters is 4. The first-order chi connectivity index (χ1) is 20.0. The number of aromatic nitrogens is 3. The van der Waals surface area contributed by atoms with Crippen LogP contribution in [0.1, 0.15) is 25.7 Å². The van der Waals surface area contributed by atoms with Crippen LogP contribution >= 0.6 is 0 Å². The SMILES string of the molecule is C=CC(=O)OCCCCCC(=O)OCCn1c(=O)n(CCOC(=O)C(=O)C=C)c(=O)n(CCOC(=O)C(=O)C=C)c1=O. The fourth-order valence-corrected chi connectivity index (χ4v) is 3.13. The molecule has 0 spiro atoms. The summed E-state index contributed by atoms with van der Waals surface area (Å²) in [6, 6.07) is 0. The molecule has 0 radical (unpaired) electrons. The molecule has 0 amide bonds. The van der Waals surface area contributed by atoms with Gasteiger partial charge in [-0.15, -0.1) is 0 Å². The first kappa shape index (κ1) is 34.9. The fourth-order valence-electron chi connectivity index (χ4n) is 3.13. The van der Waals surface area contributed by atoms with Gasteiger partial charge in [-0.1, -0.05) is 19.7 Å². The summed E-state index contributed by atoms with van der Waals surface area (Å²) in [6.07, 6.45) is 3.95. The molecule has 0 fully saturated rings. The molecular formula is C26H31N3O13. The average Bonchev–Trinajstić information content (AvgIpc) is 2.98. The summed E-state index contributed by atoms with van der Waals surface area (Å²) >= 11 is 0. The standard InChI is InChI=1S/C26H31N3O13/c1-4-18(30)22(34)41-16-12-28-24(36)27(11-15-40-21(33)10-8-7-9-14-39-20(32)6-3)25(37)29(26(28)38)13-17-42-23(35)19(31)5-2/h4-6H,1-3,7-17H2. The highest BCUT2D eigenvalue weighted by molar-refractivity contribution is 6.38. The van der Waals surface area contributed by atoms with E-state index in [1.54, 1.807) is 0 Å². The van der Waals surface area contributed by atoms with Gasteiger partial charge in [-0.2, -0.15) is 0 Å². The van der Waals surface area contributed by atoms with Gasteiger partial charge in [0.1, 0.15) is 19.8 Å². The Morgan fingerprint density at radius 2 is 0.976 bits per heavy atom. The Balaban J connectivity index is 2.96. The number of nitrogens with zero attached hydrogens (tertiary/aromatic N) is 3. The van der Waals surface area contributed by atoms with Gasteiger partial charge in [0.05, 0.1) is 26.2 Å². The highest BCUT2D eigenvalue weighted by Crippen LogP contribution is 2.02. The molecule has 0 unspecified atom stereocenters. The highest BCUT2D eigenvalue weighted by Gasteiger charge is 2.18. The molecule has 1 aromatic rings. The second kappa shape index (κ2) is 18.2. The normalized spacial score (nSPS) is 10.2. The van der Waals surface area contributed by atoms with E-state index < -0.39 is 92.0 Å². The fraction of sp³-hybridized carbons (Fsp3) is 0.423. The molecule has 0 aliphatic rings. The maximum absolute atomic E-state index is 12.9. The summed E-state index contributed by atoms with van der Waals surface area (Å²) < 4.78 is 20.9. The molecule has 1 aromatic heterocycles. The molecule has 0 bridgehead atoms. The molecule has 0 saturated carbocycles. The van der Waals surface area contributed by atoms with Gasteiger partial charge in [-0.05, 0) is 31.4 Å². The van der Waals surface area contributed by atoms with Gasteiger partial charge >= 0.3 is 40.9 Å². The average molecular weight is 594 g/mol. The Kier molecular flexibility index (Phi) is 15.2. The van der Waals surface area contributed by atoms with E-state index in [4.69, 9.17) is 18.9 Å². The molecule has 0 aromatic carbocycles. The van der Waals surface area contributed by atoms with Crippen LogP contribution in [-0.4, -0.2) is 75.6 Å².